The van der Waals surface area contributed by atoms with Gasteiger partial charge in [0, 0.05) is 43.2 Å². The Bertz CT molecular complexity index is 706. The number of aryl methyl sites for hydroxylation is 1. The molecule has 3 rings (SSSR count). The Kier molecular flexibility index (Phi) is 4.60. The maximum Gasteiger partial charge on any atom is 0.143 e. The van der Waals surface area contributed by atoms with E-state index < -0.39 is 0 Å². The lowest BCUT2D eigenvalue weighted by atomic mass is 10.2. The number of hydrogen-bond donors (Lipinski definition) is 0. The lowest BCUT2D eigenvalue weighted by molar-refractivity contribution is 0.0911. The standard InChI is InChI=1S/C16H18N4OS/c1-3-15-18-9-12(10-19-15)16-17-6-7-20(16)11-13(21-2)14-5-4-8-22-14/h4-10,13H,3,11H2,1-2H3/t13-/m1/s1. The molecule has 5 nitrogen and oxygen atoms in total. The molecule has 0 aliphatic carbocycles. The number of aromatic nitrogens is 4. The Balaban J connectivity index is 1.85. The van der Waals surface area contributed by atoms with Gasteiger partial charge < -0.3 is 9.30 Å². The van der Waals surface area contributed by atoms with Crippen molar-refractivity contribution in [1.29, 1.82) is 0 Å². The van der Waals surface area contributed by atoms with Crippen molar-refractivity contribution < 1.29 is 4.74 Å². The SMILES string of the molecule is CCc1ncc(-c2nccn2C[C@@H](OC)c2cccs2)cn1. The number of nitrogens with zero attached hydrogens (tertiary/aromatic N) is 4. The highest BCUT2D eigenvalue weighted by atomic mass is 32.1. The number of thiophene rings is 1. The molecule has 1 atom stereocenters. The fraction of sp³-hybridized carbons (Fsp3) is 0.312. The maximum absolute atomic E-state index is 5.63. The summed E-state index contributed by atoms with van der Waals surface area (Å²) >= 11 is 1.70. The van der Waals surface area contributed by atoms with E-state index in [1.54, 1.807) is 24.6 Å². The van der Waals surface area contributed by atoms with Crippen LogP contribution < -0.4 is 0 Å². The topological polar surface area (TPSA) is 52.8 Å². The molecule has 0 aliphatic heterocycles. The first kappa shape index (κ1) is 14.9. The van der Waals surface area contributed by atoms with E-state index in [2.05, 4.69) is 31.0 Å². The molecule has 0 saturated heterocycles. The summed E-state index contributed by atoms with van der Waals surface area (Å²) in [6.07, 6.45) is 8.27. The first-order valence-corrected chi connectivity index (χ1v) is 8.08. The smallest absolute Gasteiger partial charge is 0.143 e. The van der Waals surface area contributed by atoms with Gasteiger partial charge in [0.25, 0.3) is 0 Å². The third-order valence-electron chi connectivity index (χ3n) is 3.50. The average molecular weight is 314 g/mol. The van der Waals surface area contributed by atoms with Gasteiger partial charge in [0.15, 0.2) is 0 Å². The van der Waals surface area contributed by atoms with E-state index in [0.29, 0.717) is 6.54 Å². The van der Waals surface area contributed by atoms with Crippen molar-refractivity contribution in [3.8, 4) is 11.4 Å². The molecule has 6 heteroatoms. The molecule has 0 N–H and O–H groups in total. The zero-order chi connectivity index (χ0) is 15.4. The van der Waals surface area contributed by atoms with Crippen molar-refractivity contribution in [2.24, 2.45) is 0 Å². The highest BCUT2D eigenvalue weighted by Crippen LogP contribution is 2.25. The number of hydrogen-bond acceptors (Lipinski definition) is 5. The van der Waals surface area contributed by atoms with Gasteiger partial charge in [-0.1, -0.05) is 13.0 Å². The molecule has 0 saturated carbocycles. The van der Waals surface area contributed by atoms with Crippen LogP contribution >= 0.6 is 11.3 Å². The van der Waals surface area contributed by atoms with E-state index >= 15 is 0 Å². The largest absolute Gasteiger partial charge is 0.374 e. The van der Waals surface area contributed by atoms with Crippen LogP contribution in [0.1, 0.15) is 23.7 Å². The van der Waals surface area contributed by atoms with E-state index in [-0.39, 0.29) is 6.10 Å². The Labute approximate surface area is 133 Å². The van der Waals surface area contributed by atoms with Crippen LogP contribution in [0.25, 0.3) is 11.4 Å². The van der Waals surface area contributed by atoms with Crippen molar-refractivity contribution >= 4 is 11.3 Å². The van der Waals surface area contributed by atoms with E-state index in [9.17, 15) is 0 Å². The Morgan fingerprint density at radius 2 is 2.09 bits per heavy atom. The van der Waals surface area contributed by atoms with Crippen LogP contribution in [-0.4, -0.2) is 26.6 Å². The molecular weight excluding hydrogens is 296 g/mol. The average Bonchev–Trinajstić information content (AvgIpc) is 3.24. The second-order valence-corrected chi connectivity index (χ2v) is 5.86. The van der Waals surface area contributed by atoms with Gasteiger partial charge in [-0.05, 0) is 11.4 Å². The highest BCUT2D eigenvalue weighted by Gasteiger charge is 2.15. The van der Waals surface area contributed by atoms with Gasteiger partial charge in [-0.3, -0.25) is 0 Å². The minimum Gasteiger partial charge on any atom is -0.374 e. The van der Waals surface area contributed by atoms with E-state index in [1.165, 1.54) is 4.88 Å². The fourth-order valence-corrected chi connectivity index (χ4v) is 3.10. The number of methoxy groups -OCH3 is 1. The summed E-state index contributed by atoms with van der Waals surface area (Å²) in [5.74, 6) is 1.71. The van der Waals surface area contributed by atoms with Gasteiger partial charge in [0.05, 0.1) is 12.1 Å². The molecular formula is C16H18N4OS. The van der Waals surface area contributed by atoms with Crippen LogP contribution in [0.15, 0.2) is 42.3 Å². The third kappa shape index (κ3) is 3.08. The molecule has 0 spiro atoms. The van der Waals surface area contributed by atoms with E-state index in [0.717, 1.165) is 23.6 Å². The summed E-state index contributed by atoms with van der Waals surface area (Å²) in [6.45, 7) is 2.75. The number of imidazole rings is 1. The molecule has 3 heterocycles. The van der Waals surface area contributed by atoms with Crippen molar-refractivity contribution in [3.63, 3.8) is 0 Å². The molecule has 3 aromatic rings. The Morgan fingerprint density at radius 1 is 1.27 bits per heavy atom. The number of ether oxygens (including phenoxy) is 1. The summed E-state index contributed by atoms with van der Waals surface area (Å²) in [7, 11) is 1.74. The molecule has 114 valence electrons. The molecule has 0 bridgehead atoms. The van der Waals surface area contributed by atoms with Gasteiger partial charge in [-0.2, -0.15) is 0 Å². The summed E-state index contributed by atoms with van der Waals surface area (Å²) < 4.78 is 7.71. The first-order chi connectivity index (χ1) is 10.8. The van der Waals surface area contributed by atoms with Crippen LogP contribution in [0.4, 0.5) is 0 Å². The van der Waals surface area contributed by atoms with Crippen LogP contribution in [-0.2, 0) is 17.7 Å². The predicted octanol–water partition coefficient (Wildman–Crippen LogP) is 3.35. The lowest BCUT2D eigenvalue weighted by Crippen LogP contribution is -2.10. The highest BCUT2D eigenvalue weighted by molar-refractivity contribution is 7.10. The second-order valence-electron chi connectivity index (χ2n) is 4.88. The third-order valence-corrected chi connectivity index (χ3v) is 4.47. The quantitative estimate of drug-likeness (QED) is 0.700. The molecule has 3 aromatic heterocycles. The summed E-state index contributed by atoms with van der Waals surface area (Å²) in [5, 5.41) is 2.06. The van der Waals surface area contributed by atoms with Crippen molar-refractivity contribution in [1.82, 2.24) is 19.5 Å². The predicted molar refractivity (Wildman–Crippen MR) is 86.7 cm³/mol. The van der Waals surface area contributed by atoms with Crippen LogP contribution in [0.3, 0.4) is 0 Å². The molecule has 0 unspecified atom stereocenters. The Morgan fingerprint density at radius 3 is 2.73 bits per heavy atom. The Hall–Kier alpha value is -2.05. The molecule has 0 radical (unpaired) electrons. The van der Waals surface area contributed by atoms with Crippen LogP contribution in [0, 0.1) is 0 Å². The van der Waals surface area contributed by atoms with Crippen LogP contribution in [0.5, 0.6) is 0 Å². The monoisotopic (exact) mass is 314 g/mol. The first-order valence-electron chi connectivity index (χ1n) is 7.20. The van der Waals surface area contributed by atoms with E-state index in [1.807, 2.05) is 31.6 Å². The van der Waals surface area contributed by atoms with Gasteiger partial charge in [0.2, 0.25) is 0 Å². The van der Waals surface area contributed by atoms with Crippen molar-refractivity contribution in [2.75, 3.05) is 7.11 Å². The molecule has 0 aliphatic rings. The summed E-state index contributed by atoms with van der Waals surface area (Å²) in [6, 6.07) is 4.13. The van der Waals surface area contributed by atoms with Crippen molar-refractivity contribution in [3.05, 3.63) is 53.0 Å². The summed E-state index contributed by atoms with van der Waals surface area (Å²) in [4.78, 5) is 14.3. The zero-order valence-corrected chi connectivity index (χ0v) is 13.5. The molecule has 0 fully saturated rings. The zero-order valence-electron chi connectivity index (χ0n) is 12.6. The lowest BCUT2D eigenvalue weighted by Gasteiger charge is -2.16. The minimum atomic E-state index is 0.0174. The van der Waals surface area contributed by atoms with Gasteiger partial charge in [-0.15, -0.1) is 11.3 Å². The fourth-order valence-electron chi connectivity index (χ4n) is 2.30. The van der Waals surface area contributed by atoms with Crippen molar-refractivity contribution in [2.45, 2.75) is 26.0 Å². The maximum atomic E-state index is 5.63. The molecule has 0 amide bonds. The van der Waals surface area contributed by atoms with E-state index in [4.69, 9.17) is 4.74 Å². The van der Waals surface area contributed by atoms with Gasteiger partial charge >= 0.3 is 0 Å². The van der Waals surface area contributed by atoms with Crippen LogP contribution in [0.2, 0.25) is 0 Å². The second kappa shape index (κ2) is 6.81. The van der Waals surface area contributed by atoms with Gasteiger partial charge in [0.1, 0.15) is 17.8 Å². The number of rotatable bonds is 6. The summed E-state index contributed by atoms with van der Waals surface area (Å²) in [5.41, 5.74) is 0.920. The molecule has 22 heavy (non-hydrogen) atoms. The van der Waals surface area contributed by atoms with Gasteiger partial charge in [-0.25, -0.2) is 15.0 Å². The molecule has 0 aromatic carbocycles. The minimum absolute atomic E-state index is 0.0174. The normalized spacial score (nSPS) is 12.5.